The molecule has 4 aliphatic carbocycles. The molecule has 4 heteroatoms. The molecule has 0 aromatic rings. The summed E-state index contributed by atoms with van der Waals surface area (Å²) in [6, 6.07) is 0. The quantitative estimate of drug-likeness (QED) is 0.439. The van der Waals surface area contributed by atoms with Gasteiger partial charge in [-0.25, -0.2) is 0 Å². The molecule has 0 aromatic carbocycles. The first-order chi connectivity index (χ1) is 15.3. The molecular weight excluding hydrogens is 412 g/mol. The van der Waals surface area contributed by atoms with Gasteiger partial charge in [-0.3, -0.25) is 0 Å². The first-order valence-corrected chi connectivity index (χ1v) is 13.7. The van der Waals surface area contributed by atoms with Crippen molar-refractivity contribution in [3.63, 3.8) is 0 Å². The predicted octanol–water partition coefficient (Wildman–Crippen LogP) is 5.08. The Bertz CT molecular complexity index is 776. The van der Waals surface area contributed by atoms with E-state index >= 15 is 0 Å². The number of hydrogen-bond donors (Lipinski definition) is 4. The maximum absolute atomic E-state index is 11.7. The average molecular weight is 463 g/mol. The summed E-state index contributed by atoms with van der Waals surface area (Å²) < 4.78 is 0. The van der Waals surface area contributed by atoms with Crippen molar-refractivity contribution in [1.82, 2.24) is 0 Å². The second-order valence-electron chi connectivity index (χ2n) is 13.6. The highest BCUT2D eigenvalue weighted by atomic mass is 16.3. The molecule has 0 radical (unpaired) electrons. The Morgan fingerprint density at radius 3 is 2.33 bits per heavy atom. The Morgan fingerprint density at radius 2 is 1.70 bits per heavy atom. The van der Waals surface area contributed by atoms with Gasteiger partial charge in [0.2, 0.25) is 0 Å². The van der Waals surface area contributed by atoms with Crippen molar-refractivity contribution in [3.8, 4) is 0 Å². The van der Waals surface area contributed by atoms with Crippen molar-refractivity contribution >= 4 is 0 Å². The van der Waals surface area contributed by atoms with Crippen LogP contribution in [0.25, 0.3) is 0 Å². The van der Waals surface area contributed by atoms with E-state index in [-0.39, 0.29) is 35.7 Å². The van der Waals surface area contributed by atoms with Gasteiger partial charge in [0.15, 0.2) is 0 Å². The lowest BCUT2D eigenvalue weighted by atomic mass is 9.42. The second kappa shape index (κ2) is 8.61. The highest BCUT2D eigenvalue weighted by Gasteiger charge is 2.68. The summed E-state index contributed by atoms with van der Waals surface area (Å²) in [5.74, 6) is 2.59. The molecule has 0 unspecified atom stereocenters. The largest absolute Gasteiger partial charge is 0.393 e. The van der Waals surface area contributed by atoms with E-state index in [1.165, 1.54) is 11.1 Å². The van der Waals surface area contributed by atoms with Gasteiger partial charge in [-0.15, -0.1) is 0 Å². The molecule has 11 atom stereocenters. The molecule has 0 aromatic heterocycles. The summed E-state index contributed by atoms with van der Waals surface area (Å²) in [5, 5.41) is 44.6. The molecule has 33 heavy (non-hydrogen) atoms. The van der Waals surface area contributed by atoms with Gasteiger partial charge in [0.05, 0.1) is 23.9 Å². The van der Waals surface area contributed by atoms with Gasteiger partial charge < -0.3 is 20.4 Å². The van der Waals surface area contributed by atoms with Crippen molar-refractivity contribution in [2.24, 2.45) is 46.3 Å². The van der Waals surface area contributed by atoms with Crippen molar-refractivity contribution in [3.05, 3.63) is 11.1 Å². The summed E-state index contributed by atoms with van der Waals surface area (Å²) >= 11 is 0. The van der Waals surface area contributed by atoms with Crippen LogP contribution in [0, 0.1) is 46.3 Å². The van der Waals surface area contributed by atoms with Crippen LogP contribution in [0.15, 0.2) is 11.1 Å². The standard InChI is InChI=1S/C29H50O4/c1-16(2)19(5)17(3)12-18(4)23-14-24(31)26-21-13-25(32)29(33)15-20(30)8-11-28(29,7)22(21)9-10-27(23,26)6/h16-17,19-22,24-26,30-33H,8-15H2,1-7H3/t17-,19-,20+,21-,22+,24+,25-,26-,27-,28-,29+/m1/s1. The summed E-state index contributed by atoms with van der Waals surface area (Å²) in [6.45, 7) is 16.2. The van der Waals surface area contributed by atoms with Crippen molar-refractivity contribution < 1.29 is 20.4 Å². The number of fused-ring (bicyclic) bond motifs is 5. The second-order valence-corrected chi connectivity index (χ2v) is 13.6. The topological polar surface area (TPSA) is 80.9 Å². The van der Waals surface area contributed by atoms with Crippen LogP contribution in [0.1, 0.15) is 99.8 Å². The highest BCUT2D eigenvalue weighted by molar-refractivity contribution is 5.31. The van der Waals surface area contributed by atoms with Gasteiger partial charge in [0.25, 0.3) is 0 Å². The van der Waals surface area contributed by atoms with Gasteiger partial charge in [0, 0.05) is 11.8 Å². The lowest BCUT2D eigenvalue weighted by Gasteiger charge is -2.65. The van der Waals surface area contributed by atoms with Crippen LogP contribution in [0.3, 0.4) is 0 Å². The molecule has 4 rings (SSSR count). The minimum atomic E-state index is -1.22. The summed E-state index contributed by atoms with van der Waals surface area (Å²) in [5.41, 5.74) is 1.29. The highest BCUT2D eigenvalue weighted by Crippen LogP contribution is 2.68. The van der Waals surface area contributed by atoms with E-state index in [0.29, 0.717) is 30.6 Å². The summed E-state index contributed by atoms with van der Waals surface area (Å²) in [4.78, 5) is 0. The average Bonchev–Trinajstić information content (AvgIpc) is 3.00. The minimum Gasteiger partial charge on any atom is -0.393 e. The first-order valence-electron chi connectivity index (χ1n) is 13.7. The number of aliphatic hydroxyl groups is 4. The molecule has 0 saturated heterocycles. The zero-order valence-electron chi connectivity index (χ0n) is 22.1. The third-order valence-electron chi connectivity index (χ3n) is 11.7. The van der Waals surface area contributed by atoms with E-state index in [2.05, 4.69) is 48.5 Å². The third kappa shape index (κ3) is 3.77. The van der Waals surface area contributed by atoms with Crippen LogP contribution >= 0.6 is 0 Å². The third-order valence-corrected chi connectivity index (χ3v) is 11.7. The van der Waals surface area contributed by atoms with E-state index in [1.54, 1.807) is 0 Å². The lowest BCUT2D eigenvalue weighted by molar-refractivity contribution is -0.265. The van der Waals surface area contributed by atoms with Crippen LogP contribution in [-0.2, 0) is 0 Å². The van der Waals surface area contributed by atoms with E-state index in [9.17, 15) is 20.4 Å². The van der Waals surface area contributed by atoms with Crippen LogP contribution in [0.4, 0.5) is 0 Å². The summed E-state index contributed by atoms with van der Waals surface area (Å²) in [7, 11) is 0. The van der Waals surface area contributed by atoms with Gasteiger partial charge in [-0.05, 0) is 92.8 Å². The molecule has 4 saturated carbocycles. The number of aliphatic hydroxyl groups excluding tert-OH is 3. The van der Waals surface area contributed by atoms with Crippen LogP contribution in [-0.4, -0.2) is 44.3 Å². The van der Waals surface area contributed by atoms with Crippen LogP contribution in [0.2, 0.25) is 0 Å². The van der Waals surface area contributed by atoms with Crippen molar-refractivity contribution in [2.75, 3.05) is 0 Å². The van der Waals surface area contributed by atoms with Gasteiger partial charge in [-0.2, -0.15) is 0 Å². The molecule has 0 heterocycles. The molecule has 0 amide bonds. The zero-order chi connectivity index (χ0) is 24.5. The monoisotopic (exact) mass is 462 g/mol. The predicted molar refractivity (Wildman–Crippen MR) is 132 cm³/mol. The minimum absolute atomic E-state index is 0.0226. The lowest BCUT2D eigenvalue weighted by Crippen LogP contribution is -2.68. The van der Waals surface area contributed by atoms with E-state index in [0.717, 1.165) is 32.1 Å². The molecule has 0 aliphatic heterocycles. The SMILES string of the molecule is CC(C[C@@H](C)[C@H](C)C(C)C)=C1C[C@H](O)[C@H]2[C@@H]3C[C@@H](O)[C@@]4(O)C[C@@H](O)CC[C@]4(C)[C@H]3CC[C@]12C. The van der Waals surface area contributed by atoms with Crippen molar-refractivity contribution in [2.45, 2.75) is 124 Å². The van der Waals surface area contributed by atoms with Gasteiger partial charge in [0.1, 0.15) is 0 Å². The van der Waals surface area contributed by atoms with Gasteiger partial charge in [-0.1, -0.05) is 52.7 Å². The Balaban J connectivity index is 1.65. The maximum Gasteiger partial charge on any atom is 0.0985 e. The molecule has 4 nitrogen and oxygen atoms in total. The summed E-state index contributed by atoms with van der Waals surface area (Å²) in [6.07, 6.45) is 4.42. The molecular formula is C29H50O4. The zero-order valence-corrected chi connectivity index (χ0v) is 22.1. The van der Waals surface area contributed by atoms with E-state index in [4.69, 9.17) is 0 Å². The Morgan fingerprint density at radius 1 is 1.03 bits per heavy atom. The number of hydrogen-bond acceptors (Lipinski definition) is 4. The molecule has 4 fully saturated rings. The fourth-order valence-electron chi connectivity index (χ4n) is 9.26. The Hall–Kier alpha value is -0.420. The molecule has 0 spiro atoms. The Labute approximate surface area is 201 Å². The fourth-order valence-corrected chi connectivity index (χ4v) is 9.26. The normalized spacial score (nSPS) is 50.9. The molecule has 4 aliphatic rings. The molecule has 0 bridgehead atoms. The van der Waals surface area contributed by atoms with Crippen molar-refractivity contribution in [1.29, 1.82) is 0 Å². The fraction of sp³-hybridized carbons (Fsp3) is 0.931. The molecule has 190 valence electrons. The Kier molecular flexibility index (Phi) is 6.69. The van der Waals surface area contributed by atoms with E-state index in [1.807, 2.05) is 0 Å². The smallest absolute Gasteiger partial charge is 0.0985 e. The number of rotatable bonds is 4. The number of allylic oxidation sites excluding steroid dienone is 1. The maximum atomic E-state index is 11.7. The molecule has 4 N–H and O–H groups in total. The van der Waals surface area contributed by atoms with Crippen LogP contribution < -0.4 is 0 Å². The first kappa shape index (κ1) is 25.7. The van der Waals surface area contributed by atoms with E-state index < -0.39 is 23.2 Å². The van der Waals surface area contributed by atoms with Crippen LogP contribution in [0.5, 0.6) is 0 Å². The van der Waals surface area contributed by atoms with Gasteiger partial charge >= 0.3 is 0 Å².